The van der Waals surface area contributed by atoms with Gasteiger partial charge >= 0.3 is 0 Å². The zero-order chi connectivity index (χ0) is 13.5. The Morgan fingerprint density at radius 2 is 2.05 bits per heavy atom. The van der Waals surface area contributed by atoms with Crippen LogP contribution in [0.3, 0.4) is 0 Å². The Balaban J connectivity index is 1.85. The van der Waals surface area contributed by atoms with Gasteiger partial charge in [0.05, 0.1) is 0 Å². The lowest BCUT2D eigenvalue weighted by Gasteiger charge is -2.23. The summed E-state index contributed by atoms with van der Waals surface area (Å²) in [6.07, 6.45) is 2.98. The van der Waals surface area contributed by atoms with Gasteiger partial charge in [0.1, 0.15) is 0 Å². The summed E-state index contributed by atoms with van der Waals surface area (Å²) in [4.78, 5) is 11.4. The van der Waals surface area contributed by atoms with Crippen LogP contribution in [0.5, 0.6) is 0 Å². The average Bonchev–Trinajstić information content (AvgIpc) is 2.46. The number of carbonyl (C=O) groups excluding carboxylic acids is 1. The SMILES string of the molecule is CCC(=O)Nc1cccc(NCC2CCNCC2)c1. The molecule has 1 aliphatic rings. The first kappa shape index (κ1) is 13.9. The summed E-state index contributed by atoms with van der Waals surface area (Å²) >= 11 is 0. The molecule has 19 heavy (non-hydrogen) atoms. The molecule has 1 aliphatic heterocycles. The van der Waals surface area contributed by atoms with Gasteiger partial charge in [0.25, 0.3) is 0 Å². The van der Waals surface area contributed by atoms with Crippen molar-refractivity contribution in [1.29, 1.82) is 0 Å². The molecule has 1 heterocycles. The van der Waals surface area contributed by atoms with Gasteiger partial charge in [0.15, 0.2) is 0 Å². The third kappa shape index (κ3) is 4.56. The van der Waals surface area contributed by atoms with Crippen LogP contribution in [0.15, 0.2) is 24.3 Å². The first-order valence-corrected chi connectivity index (χ1v) is 7.12. The van der Waals surface area contributed by atoms with Crippen molar-refractivity contribution < 1.29 is 4.79 Å². The molecule has 0 atom stereocenters. The number of nitrogens with one attached hydrogen (secondary N) is 3. The van der Waals surface area contributed by atoms with Gasteiger partial charge in [-0.3, -0.25) is 4.79 Å². The van der Waals surface area contributed by atoms with Crippen LogP contribution in [0.25, 0.3) is 0 Å². The fourth-order valence-electron chi connectivity index (χ4n) is 2.30. The van der Waals surface area contributed by atoms with E-state index in [4.69, 9.17) is 0 Å². The van der Waals surface area contributed by atoms with E-state index in [0.717, 1.165) is 36.9 Å². The van der Waals surface area contributed by atoms with Crippen molar-refractivity contribution in [2.45, 2.75) is 26.2 Å². The third-order valence-electron chi connectivity index (χ3n) is 3.52. The summed E-state index contributed by atoms with van der Waals surface area (Å²) in [6.45, 7) is 5.11. The molecule has 1 amide bonds. The minimum absolute atomic E-state index is 0.0514. The van der Waals surface area contributed by atoms with E-state index in [-0.39, 0.29) is 5.91 Å². The molecule has 0 bridgehead atoms. The van der Waals surface area contributed by atoms with Gasteiger partial charge in [-0.2, -0.15) is 0 Å². The summed E-state index contributed by atoms with van der Waals surface area (Å²) < 4.78 is 0. The Morgan fingerprint density at radius 3 is 2.79 bits per heavy atom. The molecule has 4 nitrogen and oxygen atoms in total. The summed E-state index contributed by atoms with van der Waals surface area (Å²) in [6, 6.07) is 7.93. The molecule has 0 unspecified atom stereocenters. The average molecular weight is 261 g/mol. The highest BCUT2D eigenvalue weighted by Crippen LogP contribution is 2.17. The van der Waals surface area contributed by atoms with Gasteiger partial charge in [-0.25, -0.2) is 0 Å². The second kappa shape index (κ2) is 7.14. The number of hydrogen-bond donors (Lipinski definition) is 3. The topological polar surface area (TPSA) is 53.2 Å². The molecule has 104 valence electrons. The molecule has 1 aromatic rings. The highest BCUT2D eigenvalue weighted by atomic mass is 16.1. The molecule has 4 heteroatoms. The van der Waals surface area contributed by atoms with Crippen molar-refractivity contribution in [3.05, 3.63) is 24.3 Å². The molecule has 0 aliphatic carbocycles. The standard InChI is InChI=1S/C15H23N3O/c1-2-15(19)18-14-5-3-4-13(10-14)17-11-12-6-8-16-9-7-12/h3-5,10,12,16-17H,2,6-9,11H2,1H3,(H,18,19). The van der Waals surface area contributed by atoms with E-state index in [1.54, 1.807) is 0 Å². The Hall–Kier alpha value is -1.55. The van der Waals surface area contributed by atoms with E-state index in [0.29, 0.717) is 6.42 Å². The van der Waals surface area contributed by atoms with Crippen LogP contribution in [0.2, 0.25) is 0 Å². The first-order valence-electron chi connectivity index (χ1n) is 7.12. The van der Waals surface area contributed by atoms with Gasteiger partial charge in [0.2, 0.25) is 5.91 Å². The maximum absolute atomic E-state index is 11.4. The van der Waals surface area contributed by atoms with Crippen LogP contribution >= 0.6 is 0 Å². The van der Waals surface area contributed by atoms with E-state index >= 15 is 0 Å². The predicted octanol–water partition coefficient (Wildman–Crippen LogP) is 2.45. The molecule has 0 radical (unpaired) electrons. The number of hydrogen-bond acceptors (Lipinski definition) is 3. The molecule has 1 aromatic carbocycles. The maximum Gasteiger partial charge on any atom is 0.224 e. The summed E-state index contributed by atoms with van der Waals surface area (Å²) in [5.74, 6) is 0.797. The van der Waals surface area contributed by atoms with E-state index in [9.17, 15) is 4.79 Å². The van der Waals surface area contributed by atoms with Crippen LogP contribution in [-0.2, 0) is 4.79 Å². The first-order chi connectivity index (χ1) is 9.28. The van der Waals surface area contributed by atoms with E-state index < -0.39 is 0 Å². The van der Waals surface area contributed by atoms with Crippen LogP contribution in [-0.4, -0.2) is 25.5 Å². The molecule has 1 fully saturated rings. The van der Waals surface area contributed by atoms with Gasteiger partial charge in [-0.05, 0) is 50.0 Å². The van der Waals surface area contributed by atoms with Gasteiger partial charge < -0.3 is 16.0 Å². The molecule has 0 aromatic heterocycles. The Kier molecular flexibility index (Phi) is 5.21. The van der Waals surface area contributed by atoms with Crippen molar-refractivity contribution in [2.24, 2.45) is 5.92 Å². The Morgan fingerprint density at radius 1 is 1.32 bits per heavy atom. The van der Waals surface area contributed by atoms with E-state index in [1.165, 1.54) is 12.8 Å². The number of amides is 1. The van der Waals surface area contributed by atoms with Crippen molar-refractivity contribution in [2.75, 3.05) is 30.3 Å². The monoisotopic (exact) mass is 261 g/mol. The quantitative estimate of drug-likeness (QED) is 0.763. The molecule has 0 spiro atoms. The molecule has 3 N–H and O–H groups in total. The predicted molar refractivity (Wildman–Crippen MR) is 79.4 cm³/mol. The van der Waals surface area contributed by atoms with Gasteiger partial charge in [-0.1, -0.05) is 13.0 Å². The second-order valence-electron chi connectivity index (χ2n) is 5.06. The van der Waals surface area contributed by atoms with Crippen LogP contribution in [0.1, 0.15) is 26.2 Å². The highest BCUT2D eigenvalue weighted by Gasteiger charge is 2.12. The van der Waals surface area contributed by atoms with Crippen LogP contribution in [0, 0.1) is 5.92 Å². The molecule has 1 saturated heterocycles. The zero-order valence-electron chi connectivity index (χ0n) is 11.5. The lowest BCUT2D eigenvalue weighted by Crippen LogP contribution is -2.31. The van der Waals surface area contributed by atoms with Crippen molar-refractivity contribution >= 4 is 17.3 Å². The van der Waals surface area contributed by atoms with E-state index in [2.05, 4.69) is 16.0 Å². The largest absolute Gasteiger partial charge is 0.385 e. The lowest BCUT2D eigenvalue weighted by atomic mass is 9.98. The minimum Gasteiger partial charge on any atom is -0.385 e. The molecule has 2 rings (SSSR count). The normalized spacial score (nSPS) is 16.1. The lowest BCUT2D eigenvalue weighted by molar-refractivity contribution is -0.115. The summed E-state index contributed by atoms with van der Waals surface area (Å²) in [7, 11) is 0. The summed E-state index contributed by atoms with van der Waals surface area (Å²) in [5.41, 5.74) is 1.94. The van der Waals surface area contributed by atoms with Gasteiger partial charge in [-0.15, -0.1) is 0 Å². The highest BCUT2D eigenvalue weighted by molar-refractivity contribution is 5.90. The van der Waals surface area contributed by atoms with Gasteiger partial charge in [0, 0.05) is 24.3 Å². The van der Waals surface area contributed by atoms with Crippen molar-refractivity contribution in [3.8, 4) is 0 Å². The second-order valence-corrected chi connectivity index (χ2v) is 5.06. The Bertz CT molecular complexity index is 414. The number of piperidine rings is 1. The molecular formula is C15H23N3O. The number of carbonyl (C=O) groups is 1. The van der Waals surface area contributed by atoms with Crippen molar-refractivity contribution in [1.82, 2.24) is 5.32 Å². The maximum atomic E-state index is 11.4. The van der Waals surface area contributed by atoms with Crippen LogP contribution in [0.4, 0.5) is 11.4 Å². The summed E-state index contributed by atoms with van der Waals surface area (Å²) in [5, 5.41) is 9.72. The fourth-order valence-corrected chi connectivity index (χ4v) is 2.30. The number of anilines is 2. The number of benzene rings is 1. The van der Waals surface area contributed by atoms with Crippen molar-refractivity contribution in [3.63, 3.8) is 0 Å². The van der Waals surface area contributed by atoms with Crippen LogP contribution < -0.4 is 16.0 Å². The molecular weight excluding hydrogens is 238 g/mol. The Labute approximate surface area is 115 Å². The number of rotatable bonds is 5. The smallest absolute Gasteiger partial charge is 0.224 e. The zero-order valence-corrected chi connectivity index (χ0v) is 11.5. The fraction of sp³-hybridized carbons (Fsp3) is 0.533. The molecule has 0 saturated carbocycles. The van der Waals surface area contributed by atoms with E-state index in [1.807, 2.05) is 31.2 Å². The minimum atomic E-state index is 0.0514. The third-order valence-corrected chi connectivity index (χ3v) is 3.52.